The van der Waals surface area contributed by atoms with E-state index in [1.54, 1.807) is 12.3 Å². The maximum Gasteiger partial charge on any atom is 0.188 e. The standard InChI is InChI=1S/C14H22FN5O/c15-12-3-1-4-17-13(12)11-19-14(16)18-5-2-6-20-7-9-21-10-8-20/h1,3-4H,2,5-11H2,(H3,16,18,19). The van der Waals surface area contributed by atoms with Crippen molar-refractivity contribution >= 4 is 5.96 Å². The van der Waals surface area contributed by atoms with Crippen LogP contribution in [-0.4, -0.2) is 55.2 Å². The molecule has 0 spiro atoms. The van der Waals surface area contributed by atoms with Crippen LogP contribution in [0.5, 0.6) is 0 Å². The summed E-state index contributed by atoms with van der Waals surface area (Å²) in [4.78, 5) is 10.4. The Hall–Kier alpha value is -1.73. The van der Waals surface area contributed by atoms with Crippen LogP contribution in [0.25, 0.3) is 0 Å². The van der Waals surface area contributed by atoms with E-state index in [1.165, 1.54) is 6.07 Å². The minimum absolute atomic E-state index is 0.148. The summed E-state index contributed by atoms with van der Waals surface area (Å²) >= 11 is 0. The molecule has 0 amide bonds. The number of ether oxygens (including phenoxy) is 1. The molecule has 0 aromatic carbocycles. The van der Waals surface area contributed by atoms with Crippen LogP contribution in [0.15, 0.2) is 23.3 Å². The molecule has 0 aliphatic carbocycles. The van der Waals surface area contributed by atoms with E-state index in [4.69, 9.17) is 10.5 Å². The van der Waals surface area contributed by atoms with Crippen molar-refractivity contribution in [2.75, 3.05) is 39.4 Å². The zero-order valence-corrected chi connectivity index (χ0v) is 12.1. The van der Waals surface area contributed by atoms with E-state index in [0.29, 0.717) is 11.7 Å². The van der Waals surface area contributed by atoms with E-state index in [-0.39, 0.29) is 12.4 Å². The molecule has 0 saturated carbocycles. The first-order valence-electron chi connectivity index (χ1n) is 7.19. The van der Waals surface area contributed by atoms with Crippen molar-refractivity contribution in [3.63, 3.8) is 0 Å². The highest BCUT2D eigenvalue weighted by Crippen LogP contribution is 2.03. The summed E-state index contributed by atoms with van der Waals surface area (Å²) in [5.41, 5.74) is 6.05. The van der Waals surface area contributed by atoms with E-state index < -0.39 is 0 Å². The first-order chi connectivity index (χ1) is 10.3. The summed E-state index contributed by atoms with van der Waals surface area (Å²) in [6.07, 6.45) is 2.52. The van der Waals surface area contributed by atoms with E-state index in [2.05, 4.69) is 20.2 Å². The number of nitrogens with zero attached hydrogens (tertiary/aromatic N) is 3. The van der Waals surface area contributed by atoms with Crippen molar-refractivity contribution in [3.8, 4) is 0 Å². The Kier molecular flexibility index (Phi) is 6.36. The number of hydrogen-bond acceptors (Lipinski definition) is 4. The molecular weight excluding hydrogens is 273 g/mol. The molecule has 0 radical (unpaired) electrons. The van der Waals surface area contributed by atoms with Gasteiger partial charge >= 0.3 is 0 Å². The van der Waals surface area contributed by atoms with Gasteiger partial charge in [0.05, 0.1) is 25.5 Å². The Balaban J connectivity index is 1.63. The van der Waals surface area contributed by atoms with Crippen LogP contribution < -0.4 is 11.1 Å². The van der Waals surface area contributed by atoms with Gasteiger partial charge in [0.15, 0.2) is 5.96 Å². The number of hydrogen-bond donors (Lipinski definition) is 2. The van der Waals surface area contributed by atoms with E-state index in [1.807, 2.05) is 0 Å². The second kappa shape index (κ2) is 8.53. The van der Waals surface area contributed by atoms with Gasteiger partial charge in [-0.05, 0) is 25.1 Å². The molecule has 1 fully saturated rings. The number of pyridine rings is 1. The van der Waals surface area contributed by atoms with Crippen LogP contribution in [0.4, 0.5) is 4.39 Å². The molecule has 1 aromatic heterocycles. The predicted octanol–water partition coefficient (Wildman–Crippen LogP) is 0.347. The third-order valence-corrected chi connectivity index (χ3v) is 3.29. The lowest BCUT2D eigenvalue weighted by Gasteiger charge is -2.26. The van der Waals surface area contributed by atoms with Gasteiger partial charge in [-0.2, -0.15) is 0 Å². The second-order valence-corrected chi connectivity index (χ2v) is 4.87. The summed E-state index contributed by atoms with van der Waals surface area (Å²) in [5, 5.41) is 3.03. The highest BCUT2D eigenvalue weighted by atomic mass is 19.1. The Morgan fingerprint density at radius 3 is 3.05 bits per heavy atom. The average molecular weight is 295 g/mol. The van der Waals surface area contributed by atoms with E-state index in [9.17, 15) is 4.39 Å². The van der Waals surface area contributed by atoms with Crippen LogP contribution in [-0.2, 0) is 11.3 Å². The van der Waals surface area contributed by atoms with Gasteiger partial charge in [0.25, 0.3) is 0 Å². The summed E-state index contributed by atoms with van der Waals surface area (Å²) in [5.74, 6) is -0.0385. The third-order valence-electron chi connectivity index (χ3n) is 3.29. The summed E-state index contributed by atoms with van der Waals surface area (Å²) in [6.45, 7) is 5.51. The Morgan fingerprint density at radius 2 is 2.29 bits per heavy atom. The Labute approximate surface area is 124 Å². The van der Waals surface area contributed by atoms with Crippen molar-refractivity contribution in [1.82, 2.24) is 15.2 Å². The molecule has 1 aliphatic rings. The molecule has 1 aromatic rings. The number of nitrogens with one attached hydrogen (secondary N) is 1. The monoisotopic (exact) mass is 295 g/mol. The fourth-order valence-electron chi connectivity index (χ4n) is 2.09. The molecule has 3 N–H and O–H groups in total. The zero-order chi connectivity index (χ0) is 14.9. The van der Waals surface area contributed by atoms with Gasteiger partial charge < -0.3 is 15.8 Å². The number of aromatic nitrogens is 1. The van der Waals surface area contributed by atoms with Gasteiger partial charge in [-0.25, -0.2) is 9.38 Å². The maximum atomic E-state index is 13.3. The average Bonchev–Trinajstić information content (AvgIpc) is 2.52. The normalized spacial score (nSPS) is 16.9. The highest BCUT2D eigenvalue weighted by Gasteiger charge is 2.09. The van der Waals surface area contributed by atoms with Crippen LogP contribution in [0.1, 0.15) is 12.1 Å². The minimum Gasteiger partial charge on any atom is -0.379 e. The smallest absolute Gasteiger partial charge is 0.188 e. The largest absolute Gasteiger partial charge is 0.379 e. The lowest BCUT2D eigenvalue weighted by atomic mass is 10.3. The molecule has 2 heterocycles. The number of rotatable bonds is 6. The lowest BCUT2D eigenvalue weighted by Crippen LogP contribution is -2.39. The SMILES string of the molecule is NC(=NCc1ncccc1F)NCCCN1CCOCC1. The molecule has 6 nitrogen and oxygen atoms in total. The highest BCUT2D eigenvalue weighted by molar-refractivity contribution is 5.77. The number of guanidine groups is 1. The van der Waals surface area contributed by atoms with Gasteiger partial charge in [0.2, 0.25) is 0 Å². The lowest BCUT2D eigenvalue weighted by molar-refractivity contribution is 0.0376. The van der Waals surface area contributed by atoms with Gasteiger partial charge in [-0.15, -0.1) is 0 Å². The first-order valence-corrected chi connectivity index (χ1v) is 7.19. The fourth-order valence-corrected chi connectivity index (χ4v) is 2.09. The van der Waals surface area contributed by atoms with Crippen molar-refractivity contribution in [2.45, 2.75) is 13.0 Å². The molecule has 2 rings (SSSR count). The molecule has 7 heteroatoms. The van der Waals surface area contributed by atoms with Gasteiger partial charge in [-0.3, -0.25) is 9.88 Å². The zero-order valence-electron chi connectivity index (χ0n) is 12.1. The number of morpholine rings is 1. The molecule has 116 valence electrons. The number of nitrogens with two attached hydrogens (primary N) is 1. The molecule has 0 bridgehead atoms. The number of aliphatic imine (C=N–C) groups is 1. The van der Waals surface area contributed by atoms with Gasteiger partial charge in [-0.1, -0.05) is 0 Å². The molecular formula is C14H22FN5O. The van der Waals surface area contributed by atoms with Gasteiger partial charge in [0, 0.05) is 25.8 Å². The Bertz CT molecular complexity index is 462. The van der Waals surface area contributed by atoms with E-state index in [0.717, 1.165) is 45.8 Å². The van der Waals surface area contributed by atoms with Crippen LogP contribution in [0.3, 0.4) is 0 Å². The second-order valence-electron chi connectivity index (χ2n) is 4.87. The first kappa shape index (κ1) is 15.7. The fraction of sp³-hybridized carbons (Fsp3) is 0.571. The Morgan fingerprint density at radius 1 is 1.48 bits per heavy atom. The minimum atomic E-state index is -0.360. The summed E-state index contributed by atoms with van der Waals surface area (Å²) < 4.78 is 18.6. The summed E-state index contributed by atoms with van der Waals surface area (Å²) in [6, 6.07) is 2.92. The maximum absolute atomic E-state index is 13.3. The van der Waals surface area contributed by atoms with Gasteiger partial charge in [0.1, 0.15) is 5.82 Å². The van der Waals surface area contributed by atoms with Crippen molar-refractivity contribution in [1.29, 1.82) is 0 Å². The molecule has 1 aliphatic heterocycles. The van der Waals surface area contributed by atoms with Crippen LogP contribution in [0.2, 0.25) is 0 Å². The quantitative estimate of drug-likeness (QED) is 0.450. The number of halogens is 1. The predicted molar refractivity (Wildman–Crippen MR) is 79.4 cm³/mol. The summed E-state index contributed by atoms with van der Waals surface area (Å²) in [7, 11) is 0. The molecule has 21 heavy (non-hydrogen) atoms. The topological polar surface area (TPSA) is 75.8 Å². The van der Waals surface area contributed by atoms with Crippen LogP contribution in [0, 0.1) is 5.82 Å². The van der Waals surface area contributed by atoms with Crippen molar-refractivity contribution < 1.29 is 9.13 Å². The van der Waals surface area contributed by atoms with E-state index >= 15 is 0 Å². The van der Waals surface area contributed by atoms with Crippen LogP contribution >= 0.6 is 0 Å². The third kappa shape index (κ3) is 5.65. The van der Waals surface area contributed by atoms with Crippen molar-refractivity contribution in [3.05, 3.63) is 29.8 Å². The molecule has 0 unspecified atom stereocenters. The van der Waals surface area contributed by atoms with Crippen molar-refractivity contribution in [2.24, 2.45) is 10.7 Å². The molecule has 1 saturated heterocycles. The molecule has 0 atom stereocenters.